The number of rotatable bonds is 7. The molecule has 0 amide bonds. The molecule has 0 fully saturated rings. The minimum atomic E-state index is -0.126. The van der Waals surface area contributed by atoms with Crippen molar-refractivity contribution >= 4 is 39.0 Å². The van der Waals surface area contributed by atoms with Crippen LogP contribution in [0.15, 0.2) is 217 Å². The fourth-order valence-corrected chi connectivity index (χ4v) is 9.37. The Kier molecular flexibility index (Phi) is 8.20. The van der Waals surface area contributed by atoms with Crippen LogP contribution in [0.2, 0.25) is 0 Å². The summed E-state index contributed by atoms with van der Waals surface area (Å²) in [6.45, 7) is 4.70. The number of benzene rings is 9. The highest BCUT2D eigenvalue weighted by atomic mass is 16.3. The van der Waals surface area contributed by atoms with Gasteiger partial charge in [0.25, 0.3) is 0 Å². The zero-order valence-corrected chi connectivity index (χ0v) is 33.1. The van der Waals surface area contributed by atoms with Gasteiger partial charge >= 0.3 is 0 Å². The molecule has 0 bridgehead atoms. The molecule has 0 atom stereocenters. The number of anilines is 3. The van der Waals surface area contributed by atoms with Crippen LogP contribution < -0.4 is 4.90 Å². The lowest BCUT2D eigenvalue weighted by atomic mass is 9.82. The molecule has 1 aliphatic carbocycles. The van der Waals surface area contributed by atoms with Crippen LogP contribution in [0.4, 0.5) is 17.1 Å². The Morgan fingerprint density at radius 2 is 0.932 bits per heavy atom. The Bertz CT molecular complexity index is 3170. The van der Waals surface area contributed by atoms with Gasteiger partial charge in [-0.15, -0.1) is 0 Å². The third-order valence-electron chi connectivity index (χ3n) is 12.3. The van der Waals surface area contributed by atoms with E-state index in [1.807, 2.05) is 6.07 Å². The smallest absolute Gasteiger partial charge is 0.136 e. The highest BCUT2D eigenvalue weighted by Crippen LogP contribution is 2.51. The summed E-state index contributed by atoms with van der Waals surface area (Å²) >= 11 is 0. The largest absolute Gasteiger partial charge is 0.456 e. The van der Waals surface area contributed by atoms with Gasteiger partial charge in [0.2, 0.25) is 0 Å². The van der Waals surface area contributed by atoms with Gasteiger partial charge in [0, 0.05) is 38.8 Å². The van der Waals surface area contributed by atoms with Crippen LogP contribution in [0.5, 0.6) is 0 Å². The summed E-state index contributed by atoms with van der Waals surface area (Å²) < 4.78 is 6.51. The van der Waals surface area contributed by atoms with Crippen molar-refractivity contribution in [3.8, 4) is 55.6 Å². The summed E-state index contributed by atoms with van der Waals surface area (Å²) in [5.74, 6) is 0. The Labute approximate surface area is 345 Å². The van der Waals surface area contributed by atoms with Gasteiger partial charge in [0.05, 0.1) is 0 Å². The first-order valence-electron chi connectivity index (χ1n) is 20.4. The van der Waals surface area contributed by atoms with Crippen molar-refractivity contribution in [3.05, 3.63) is 223 Å². The molecule has 1 heterocycles. The fraction of sp³-hybridized carbons (Fsp3) is 0.0526. The third kappa shape index (κ3) is 5.87. The Balaban J connectivity index is 1.11. The van der Waals surface area contributed by atoms with E-state index in [2.05, 4.69) is 225 Å². The second kappa shape index (κ2) is 13.9. The number of furan rings is 1. The predicted molar refractivity (Wildman–Crippen MR) is 248 cm³/mol. The SMILES string of the molecule is CC1(C)c2ccccc2-c2ccc(N(c3ccc(-c4ccccc4)cc3)c3cccc(-c4ccc5oc6ccccc6c5c4-c4cccc(-c5ccccc5)c4)c3)cc21. The van der Waals surface area contributed by atoms with Crippen LogP contribution in [0.3, 0.4) is 0 Å². The molecule has 1 aromatic heterocycles. The molecule has 2 heteroatoms. The Hall–Kier alpha value is -7.42. The minimum Gasteiger partial charge on any atom is -0.456 e. The maximum Gasteiger partial charge on any atom is 0.136 e. The van der Waals surface area contributed by atoms with E-state index in [1.54, 1.807) is 0 Å². The molecule has 0 aliphatic heterocycles. The first kappa shape index (κ1) is 34.8. The van der Waals surface area contributed by atoms with Crippen molar-refractivity contribution < 1.29 is 4.42 Å². The van der Waals surface area contributed by atoms with Crippen molar-refractivity contribution in [1.82, 2.24) is 0 Å². The van der Waals surface area contributed by atoms with E-state index in [0.717, 1.165) is 61.3 Å². The number of fused-ring (bicyclic) bond motifs is 6. The molecule has 0 spiro atoms. The maximum absolute atomic E-state index is 6.51. The monoisotopic (exact) mass is 755 g/mol. The van der Waals surface area contributed by atoms with Crippen LogP contribution in [0.25, 0.3) is 77.6 Å². The fourth-order valence-electron chi connectivity index (χ4n) is 9.37. The van der Waals surface area contributed by atoms with E-state index in [4.69, 9.17) is 4.42 Å². The van der Waals surface area contributed by atoms with Crippen molar-refractivity contribution in [2.24, 2.45) is 0 Å². The second-order valence-electron chi connectivity index (χ2n) is 16.1. The standard InChI is InChI=1S/C57H41NO/c1-57(2)51-25-11-9-23-48(51)49-32-31-46(37-52(49)57)58(44-29-27-40(28-30-44)38-15-5-3-6-16-38)45-22-14-20-42(36-45)47-33-34-54-56(50-24-10-12-26-53(50)59-54)55(47)43-21-13-19-41(35-43)39-17-7-4-8-18-39/h3-37H,1-2H3. The van der Waals surface area contributed by atoms with Crippen molar-refractivity contribution in [1.29, 1.82) is 0 Å². The molecular formula is C57H41NO. The van der Waals surface area contributed by atoms with E-state index >= 15 is 0 Å². The summed E-state index contributed by atoms with van der Waals surface area (Å²) in [7, 11) is 0. The molecule has 0 N–H and O–H groups in total. The van der Waals surface area contributed by atoms with Crippen LogP contribution in [0, 0.1) is 0 Å². The molecule has 9 aromatic carbocycles. The summed E-state index contributed by atoms with van der Waals surface area (Å²) in [6.07, 6.45) is 0. The van der Waals surface area contributed by atoms with Crippen molar-refractivity contribution in [2.75, 3.05) is 4.90 Å². The average molecular weight is 756 g/mol. The Morgan fingerprint density at radius 1 is 0.356 bits per heavy atom. The molecule has 0 unspecified atom stereocenters. The van der Waals surface area contributed by atoms with E-state index < -0.39 is 0 Å². The quantitative estimate of drug-likeness (QED) is 0.161. The molecule has 1 aliphatic rings. The van der Waals surface area contributed by atoms with Gasteiger partial charge in [-0.1, -0.05) is 172 Å². The summed E-state index contributed by atoms with van der Waals surface area (Å²) in [5.41, 5.74) is 19.7. The van der Waals surface area contributed by atoms with Gasteiger partial charge in [-0.25, -0.2) is 0 Å². The van der Waals surface area contributed by atoms with Gasteiger partial charge in [-0.3, -0.25) is 0 Å². The number of nitrogens with zero attached hydrogens (tertiary/aromatic N) is 1. The lowest BCUT2D eigenvalue weighted by Gasteiger charge is -2.29. The van der Waals surface area contributed by atoms with Crippen molar-refractivity contribution in [2.45, 2.75) is 19.3 Å². The normalized spacial score (nSPS) is 12.7. The maximum atomic E-state index is 6.51. The molecular weight excluding hydrogens is 715 g/mol. The lowest BCUT2D eigenvalue weighted by molar-refractivity contribution is 0.660. The molecule has 0 saturated heterocycles. The number of hydrogen-bond donors (Lipinski definition) is 0. The summed E-state index contributed by atoms with van der Waals surface area (Å²) in [6, 6.07) is 76.9. The number of hydrogen-bond acceptors (Lipinski definition) is 2. The zero-order valence-electron chi connectivity index (χ0n) is 33.1. The first-order chi connectivity index (χ1) is 29.0. The molecule has 11 rings (SSSR count). The predicted octanol–water partition coefficient (Wildman–Crippen LogP) is 16.0. The molecule has 2 nitrogen and oxygen atoms in total. The van der Waals surface area contributed by atoms with E-state index in [-0.39, 0.29) is 5.41 Å². The molecule has 0 saturated carbocycles. The van der Waals surface area contributed by atoms with Gasteiger partial charge in [0.1, 0.15) is 11.2 Å². The molecule has 280 valence electrons. The van der Waals surface area contributed by atoms with Gasteiger partial charge < -0.3 is 9.32 Å². The van der Waals surface area contributed by atoms with E-state index in [1.165, 1.54) is 44.5 Å². The van der Waals surface area contributed by atoms with E-state index in [9.17, 15) is 0 Å². The average Bonchev–Trinajstić information content (AvgIpc) is 3.79. The summed E-state index contributed by atoms with van der Waals surface area (Å²) in [5, 5.41) is 2.24. The van der Waals surface area contributed by atoms with Gasteiger partial charge in [-0.05, 0) is 116 Å². The highest BCUT2D eigenvalue weighted by molar-refractivity contribution is 6.16. The van der Waals surface area contributed by atoms with Gasteiger partial charge in [0.15, 0.2) is 0 Å². The highest BCUT2D eigenvalue weighted by Gasteiger charge is 2.35. The minimum absolute atomic E-state index is 0.126. The lowest BCUT2D eigenvalue weighted by Crippen LogP contribution is -2.16. The molecule has 59 heavy (non-hydrogen) atoms. The second-order valence-corrected chi connectivity index (χ2v) is 16.1. The van der Waals surface area contributed by atoms with Crippen LogP contribution in [0.1, 0.15) is 25.0 Å². The van der Waals surface area contributed by atoms with Gasteiger partial charge in [-0.2, -0.15) is 0 Å². The van der Waals surface area contributed by atoms with Crippen LogP contribution in [-0.4, -0.2) is 0 Å². The van der Waals surface area contributed by atoms with Crippen molar-refractivity contribution in [3.63, 3.8) is 0 Å². The number of para-hydroxylation sites is 1. The molecule has 10 aromatic rings. The third-order valence-corrected chi connectivity index (χ3v) is 12.3. The topological polar surface area (TPSA) is 16.4 Å². The Morgan fingerprint density at radius 3 is 1.75 bits per heavy atom. The van der Waals surface area contributed by atoms with Crippen LogP contribution in [-0.2, 0) is 5.41 Å². The molecule has 0 radical (unpaired) electrons. The van der Waals surface area contributed by atoms with Crippen LogP contribution >= 0.6 is 0 Å². The first-order valence-corrected chi connectivity index (χ1v) is 20.4. The summed E-state index contributed by atoms with van der Waals surface area (Å²) in [4.78, 5) is 2.42. The zero-order chi connectivity index (χ0) is 39.5. The van der Waals surface area contributed by atoms with E-state index in [0.29, 0.717) is 0 Å².